The summed E-state index contributed by atoms with van der Waals surface area (Å²) in [6.07, 6.45) is -9.66. The Hall–Kier alpha value is -2.97. The van der Waals surface area contributed by atoms with E-state index >= 15 is 0 Å². The second kappa shape index (κ2) is 7.13. The lowest BCUT2D eigenvalue weighted by Gasteiger charge is -2.18. The Morgan fingerprint density at radius 3 is 2.14 bits per heavy atom. The fourth-order valence-electron chi connectivity index (χ4n) is 3.25. The zero-order valence-electron chi connectivity index (χ0n) is 14.9. The maximum Gasteiger partial charge on any atom is 0.454 e. The molecule has 0 aliphatic heterocycles. The van der Waals surface area contributed by atoms with Crippen molar-refractivity contribution >= 4 is 33.2 Å². The van der Waals surface area contributed by atoms with Gasteiger partial charge in [-0.2, -0.15) is 26.3 Å². The molecule has 0 saturated heterocycles. The minimum absolute atomic E-state index is 0.00113. The molecule has 3 rings (SSSR count). The van der Waals surface area contributed by atoms with Crippen LogP contribution in [0.25, 0.3) is 21.7 Å². The normalized spacial score (nSPS) is 12.5. The highest BCUT2D eigenvalue weighted by atomic mass is 19.4. The number of nitrogens with zero attached hydrogens (tertiary/aromatic N) is 1. The highest BCUT2D eigenvalue weighted by Gasteiger charge is 2.41. The maximum absolute atomic E-state index is 13.8. The van der Waals surface area contributed by atoms with E-state index in [4.69, 9.17) is 0 Å². The molecule has 0 unspecified atom stereocenters. The number of Topliss-reactive ketones (excluding diaryl/α,β-unsaturated/α-hetero) is 2. The second-order valence-corrected chi connectivity index (χ2v) is 6.55. The first-order valence-electron chi connectivity index (χ1n) is 8.42. The molecule has 29 heavy (non-hydrogen) atoms. The zero-order valence-corrected chi connectivity index (χ0v) is 14.9. The fourth-order valence-corrected chi connectivity index (χ4v) is 3.25. The predicted octanol–water partition coefficient (Wildman–Crippen LogP) is 5.67. The lowest BCUT2D eigenvalue weighted by atomic mass is 9.92. The standard InChI is InChI=1S/C20H13F6NO2/c1-10(28)6-7-11-9-27-17-13-5-3-2-4-12(13)14(18(29)20(24,25)26)8-15(17)16(11)19(21,22)23/h2-5,8-9H,6-7H2,1H3. The van der Waals surface area contributed by atoms with Crippen LogP contribution in [-0.2, 0) is 17.4 Å². The lowest BCUT2D eigenvalue weighted by molar-refractivity contribution is -0.137. The molecular formula is C20H13F6NO2. The van der Waals surface area contributed by atoms with Crippen molar-refractivity contribution in [1.82, 2.24) is 4.98 Å². The molecule has 0 spiro atoms. The Labute approximate surface area is 160 Å². The molecule has 9 heteroatoms. The number of aryl methyl sites for hydroxylation is 1. The molecule has 0 amide bonds. The molecule has 3 aromatic rings. The van der Waals surface area contributed by atoms with E-state index in [1.165, 1.54) is 31.2 Å². The molecular weight excluding hydrogens is 400 g/mol. The lowest BCUT2D eigenvalue weighted by Crippen LogP contribution is -2.23. The molecule has 2 aromatic carbocycles. The van der Waals surface area contributed by atoms with E-state index < -0.39 is 34.6 Å². The quantitative estimate of drug-likeness (QED) is 0.314. The number of rotatable bonds is 4. The van der Waals surface area contributed by atoms with Gasteiger partial charge in [-0.05, 0) is 30.4 Å². The minimum atomic E-state index is -5.26. The van der Waals surface area contributed by atoms with Crippen molar-refractivity contribution in [3.63, 3.8) is 0 Å². The molecule has 1 heterocycles. The van der Waals surface area contributed by atoms with Gasteiger partial charge >= 0.3 is 12.4 Å². The minimum Gasteiger partial charge on any atom is -0.300 e. The molecule has 3 nitrogen and oxygen atoms in total. The number of carbonyl (C=O) groups excluding carboxylic acids is 2. The van der Waals surface area contributed by atoms with Crippen molar-refractivity contribution in [1.29, 1.82) is 0 Å². The van der Waals surface area contributed by atoms with Crippen LogP contribution in [0.5, 0.6) is 0 Å². The van der Waals surface area contributed by atoms with E-state index in [0.717, 1.165) is 6.20 Å². The molecule has 0 radical (unpaired) electrons. The molecule has 0 fully saturated rings. The molecule has 152 valence electrons. The van der Waals surface area contributed by atoms with Crippen LogP contribution >= 0.6 is 0 Å². The largest absolute Gasteiger partial charge is 0.454 e. The van der Waals surface area contributed by atoms with Crippen molar-refractivity contribution in [3.05, 3.63) is 53.2 Å². The van der Waals surface area contributed by atoms with Crippen LogP contribution in [0.2, 0.25) is 0 Å². The number of aromatic nitrogens is 1. The molecule has 1 aromatic heterocycles. The summed E-state index contributed by atoms with van der Waals surface area (Å²) < 4.78 is 80.7. The third-order valence-corrected chi connectivity index (χ3v) is 4.49. The van der Waals surface area contributed by atoms with Crippen molar-refractivity contribution in [2.24, 2.45) is 0 Å². The van der Waals surface area contributed by atoms with Crippen molar-refractivity contribution in [2.45, 2.75) is 32.1 Å². The van der Waals surface area contributed by atoms with Crippen LogP contribution in [-0.4, -0.2) is 22.7 Å². The first-order valence-corrected chi connectivity index (χ1v) is 8.42. The highest BCUT2D eigenvalue weighted by Crippen LogP contribution is 2.41. The Morgan fingerprint density at radius 2 is 1.59 bits per heavy atom. The van der Waals surface area contributed by atoms with Gasteiger partial charge in [0.05, 0.1) is 11.1 Å². The smallest absolute Gasteiger partial charge is 0.300 e. The van der Waals surface area contributed by atoms with Gasteiger partial charge in [0.15, 0.2) is 0 Å². The first-order chi connectivity index (χ1) is 13.4. The summed E-state index contributed by atoms with van der Waals surface area (Å²) in [5, 5.41) is -0.745. The molecule has 0 saturated carbocycles. The fraction of sp³-hybridized carbons (Fsp3) is 0.250. The second-order valence-electron chi connectivity index (χ2n) is 6.55. The average Bonchev–Trinajstić information content (AvgIpc) is 2.62. The van der Waals surface area contributed by atoms with Crippen LogP contribution in [0.4, 0.5) is 26.3 Å². The van der Waals surface area contributed by atoms with Crippen LogP contribution in [0.15, 0.2) is 36.5 Å². The van der Waals surface area contributed by atoms with Crippen molar-refractivity contribution in [3.8, 4) is 0 Å². The van der Waals surface area contributed by atoms with Gasteiger partial charge in [0.1, 0.15) is 5.78 Å². The van der Waals surface area contributed by atoms with Gasteiger partial charge < -0.3 is 4.79 Å². The average molecular weight is 413 g/mol. The van der Waals surface area contributed by atoms with Gasteiger partial charge in [0, 0.05) is 29.0 Å². The number of halogens is 6. The van der Waals surface area contributed by atoms with E-state index in [1.807, 2.05) is 0 Å². The van der Waals surface area contributed by atoms with Crippen LogP contribution in [0, 0.1) is 0 Å². The Bertz CT molecular complexity index is 1130. The third kappa shape index (κ3) is 3.94. The molecule has 0 aliphatic rings. The van der Waals surface area contributed by atoms with Gasteiger partial charge in [-0.15, -0.1) is 0 Å². The number of fused-ring (bicyclic) bond motifs is 3. The topological polar surface area (TPSA) is 47.0 Å². The molecule has 0 N–H and O–H groups in total. The highest BCUT2D eigenvalue weighted by molar-refractivity contribution is 6.18. The number of hydrogen-bond donors (Lipinski definition) is 0. The SMILES string of the molecule is CC(=O)CCc1cnc2c(cc(C(=O)C(F)(F)F)c3ccccc32)c1C(F)(F)F. The predicted molar refractivity (Wildman–Crippen MR) is 93.6 cm³/mol. The number of carbonyl (C=O) groups is 2. The number of benzene rings is 2. The monoisotopic (exact) mass is 413 g/mol. The summed E-state index contributed by atoms with van der Waals surface area (Å²) in [6.45, 7) is 1.22. The number of pyridine rings is 1. The Kier molecular flexibility index (Phi) is 5.10. The van der Waals surface area contributed by atoms with E-state index in [2.05, 4.69) is 4.98 Å². The summed E-state index contributed by atoms with van der Waals surface area (Å²) in [5.74, 6) is -2.58. The summed E-state index contributed by atoms with van der Waals surface area (Å²) in [4.78, 5) is 27.1. The number of ketones is 2. The summed E-state index contributed by atoms with van der Waals surface area (Å²) in [6, 6.07) is 5.95. The number of hydrogen-bond acceptors (Lipinski definition) is 3. The third-order valence-electron chi connectivity index (χ3n) is 4.49. The molecule has 0 aliphatic carbocycles. The van der Waals surface area contributed by atoms with Crippen LogP contribution in [0.1, 0.15) is 34.8 Å². The summed E-state index contributed by atoms with van der Waals surface area (Å²) in [5.41, 5.74) is -2.55. The van der Waals surface area contributed by atoms with Crippen LogP contribution in [0.3, 0.4) is 0 Å². The zero-order chi connectivity index (χ0) is 21.6. The van der Waals surface area contributed by atoms with Gasteiger partial charge in [0.25, 0.3) is 5.78 Å². The van der Waals surface area contributed by atoms with Gasteiger partial charge in [-0.3, -0.25) is 9.78 Å². The first kappa shape index (κ1) is 20.8. The summed E-state index contributed by atoms with van der Waals surface area (Å²) >= 11 is 0. The molecule has 0 atom stereocenters. The molecule has 0 bridgehead atoms. The maximum atomic E-state index is 13.8. The van der Waals surface area contributed by atoms with E-state index in [-0.39, 0.29) is 40.5 Å². The Morgan fingerprint density at radius 1 is 0.966 bits per heavy atom. The van der Waals surface area contributed by atoms with Gasteiger partial charge in [0.2, 0.25) is 0 Å². The van der Waals surface area contributed by atoms with Gasteiger partial charge in [-0.1, -0.05) is 24.3 Å². The van der Waals surface area contributed by atoms with E-state index in [9.17, 15) is 35.9 Å². The Balaban J connectivity index is 2.44. The van der Waals surface area contributed by atoms with E-state index in [1.54, 1.807) is 0 Å². The van der Waals surface area contributed by atoms with Crippen LogP contribution < -0.4 is 0 Å². The van der Waals surface area contributed by atoms with Crippen molar-refractivity contribution < 1.29 is 35.9 Å². The van der Waals surface area contributed by atoms with Crippen molar-refractivity contribution in [2.75, 3.05) is 0 Å². The van der Waals surface area contributed by atoms with Gasteiger partial charge in [-0.25, -0.2) is 0 Å². The summed E-state index contributed by atoms with van der Waals surface area (Å²) in [7, 11) is 0. The number of alkyl halides is 6. The van der Waals surface area contributed by atoms with E-state index in [0.29, 0.717) is 6.07 Å².